The summed E-state index contributed by atoms with van der Waals surface area (Å²) in [5.74, 6) is 0. The van der Waals surface area contributed by atoms with Gasteiger partial charge in [-0.05, 0) is 30.0 Å². The van der Waals surface area contributed by atoms with Crippen LogP contribution in [0, 0.1) is 0 Å². The van der Waals surface area contributed by atoms with E-state index in [1.54, 1.807) is 12.4 Å². The van der Waals surface area contributed by atoms with E-state index in [1.807, 2.05) is 16.9 Å². The van der Waals surface area contributed by atoms with Crippen LogP contribution in [0.5, 0.6) is 0 Å². The number of aromatic nitrogens is 4. The van der Waals surface area contributed by atoms with Gasteiger partial charge in [0, 0.05) is 18.9 Å². The topological polar surface area (TPSA) is 69.6 Å². The monoisotopic (exact) mass is 245 g/mol. The van der Waals surface area contributed by atoms with Crippen molar-refractivity contribution in [3.05, 3.63) is 41.5 Å². The summed E-state index contributed by atoms with van der Waals surface area (Å²) in [4.78, 5) is 4.15. The van der Waals surface area contributed by atoms with Crippen molar-refractivity contribution in [3.8, 4) is 0 Å². The summed E-state index contributed by atoms with van der Waals surface area (Å²) in [5, 5.41) is 8.04. The molecule has 0 fully saturated rings. The Kier molecular flexibility index (Phi) is 4.04. The molecule has 2 rings (SSSR count). The number of nitrogens with two attached hydrogens (primary N) is 1. The van der Waals surface area contributed by atoms with Crippen LogP contribution in [0.4, 0.5) is 0 Å². The summed E-state index contributed by atoms with van der Waals surface area (Å²) >= 11 is 0. The van der Waals surface area contributed by atoms with Crippen LogP contribution in [-0.4, -0.2) is 20.0 Å². The molecule has 0 amide bonds. The predicted molar refractivity (Wildman–Crippen MR) is 70.0 cm³/mol. The third-order valence-corrected chi connectivity index (χ3v) is 3.06. The minimum absolute atomic E-state index is 0.190. The standard InChI is InChI=1S/C13H19N5/c1-3-7-18-12(9-16-17-18)13(14)11-5-6-15-8-10(11)4-2/h5-6,8-9,13H,3-4,7,14H2,1-2H3. The molecule has 1 atom stereocenters. The van der Waals surface area contributed by atoms with E-state index >= 15 is 0 Å². The highest BCUT2D eigenvalue weighted by molar-refractivity contribution is 5.31. The molecule has 0 saturated heterocycles. The van der Waals surface area contributed by atoms with Crippen LogP contribution in [0.15, 0.2) is 24.7 Å². The Labute approximate surface area is 107 Å². The van der Waals surface area contributed by atoms with Crippen LogP contribution < -0.4 is 5.73 Å². The van der Waals surface area contributed by atoms with E-state index in [1.165, 1.54) is 5.56 Å². The minimum atomic E-state index is -0.190. The molecule has 2 aromatic heterocycles. The molecule has 0 radical (unpaired) electrons. The number of rotatable bonds is 5. The van der Waals surface area contributed by atoms with Gasteiger partial charge in [0.25, 0.3) is 0 Å². The average molecular weight is 245 g/mol. The molecule has 0 aliphatic rings. The second-order valence-corrected chi connectivity index (χ2v) is 4.29. The fourth-order valence-electron chi connectivity index (χ4n) is 2.09. The molecular formula is C13H19N5. The highest BCUT2D eigenvalue weighted by atomic mass is 15.4. The first-order valence-corrected chi connectivity index (χ1v) is 6.34. The Hall–Kier alpha value is -1.75. The lowest BCUT2D eigenvalue weighted by molar-refractivity contribution is 0.543. The molecule has 0 aliphatic heterocycles. The lowest BCUT2D eigenvalue weighted by Crippen LogP contribution is -2.19. The minimum Gasteiger partial charge on any atom is -0.319 e. The van der Waals surface area contributed by atoms with Crippen molar-refractivity contribution in [2.75, 3.05) is 0 Å². The van der Waals surface area contributed by atoms with Crippen LogP contribution in [0.1, 0.15) is 43.1 Å². The first kappa shape index (κ1) is 12.7. The van der Waals surface area contributed by atoms with Crippen molar-refractivity contribution in [1.29, 1.82) is 0 Å². The quantitative estimate of drug-likeness (QED) is 0.870. The maximum absolute atomic E-state index is 6.34. The maximum Gasteiger partial charge on any atom is 0.0799 e. The number of hydrogen-bond acceptors (Lipinski definition) is 4. The highest BCUT2D eigenvalue weighted by Crippen LogP contribution is 2.22. The zero-order valence-electron chi connectivity index (χ0n) is 10.9. The van der Waals surface area contributed by atoms with Crippen LogP contribution in [0.3, 0.4) is 0 Å². The summed E-state index contributed by atoms with van der Waals surface area (Å²) in [5.41, 5.74) is 9.57. The molecule has 2 N–H and O–H groups in total. The lowest BCUT2D eigenvalue weighted by atomic mass is 9.99. The van der Waals surface area contributed by atoms with Gasteiger partial charge in [0.05, 0.1) is 17.9 Å². The summed E-state index contributed by atoms with van der Waals surface area (Å²) < 4.78 is 1.88. The van der Waals surface area contributed by atoms with Crippen molar-refractivity contribution < 1.29 is 0 Å². The first-order chi connectivity index (χ1) is 8.77. The highest BCUT2D eigenvalue weighted by Gasteiger charge is 2.17. The summed E-state index contributed by atoms with van der Waals surface area (Å²) in [6, 6.07) is 1.79. The van der Waals surface area contributed by atoms with Crippen molar-refractivity contribution in [2.45, 2.75) is 39.3 Å². The SMILES string of the molecule is CCCn1nncc1C(N)c1ccncc1CC. The summed E-state index contributed by atoms with van der Waals surface area (Å²) in [6.45, 7) is 5.06. The largest absolute Gasteiger partial charge is 0.319 e. The van der Waals surface area contributed by atoms with Gasteiger partial charge in [-0.1, -0.05) is 19.1 Å². The van der Waals surface area contributed by atoms with Gasteiger partial charge in [-0.3, -0.25) is 4.98 Å². The molecular weight excluding hydrogens is 226 g/mol. The molecule has 1 unspecified atom stereocenters. The van der Waals surface area contributed by atoms with E-state index in [4.69, 9.17) is 5.73 Å². The Morgan fingerprint density at radius 1 is 1.33 bits per heavy atom. The Morgan fingerprint density at radius 3 is 2.89 bits per heavy atom. The third-order valence-electron chi connectivity index (χ3n) is 3.06. The van der Waals surface area contributed by atoms with Gasteiger partial charge in [0.15, 0.2) is 0 Å². The second kappa shape index (κ2) is 5.73. The zero-order valence-corrected chi connectivity index (χ0v) is 10.9. The number of pyridine rings is 1. The number of nitrogens with zero attached hydrogens (tertiary/aromatic N) is 4. The Balaban J connectivity index is 2.35. The van der Waals surface area contributed by atoms with Gasteiger partial charge >= 0.3 is 0 Å². The van der Waals surface area contributed by atoms with Crippen LogP contribution in [0.25, 0.3) is 0 Å². The Morgan fingerprint density at radius 2 is 2.17 bits per heavy atom. The molecule has 0 bridgehead atoms. The van der Waals surface area contributed by atoms with E-state index in [9.17, 15) is 0 Å². The van der Waals surface area contributed by atoms with Gasteiger partial charge in [0.2, 0.25) is 0 Å². The zero-order chi connectivity index (χ0) is 13.0. The molecule has 0 spiro atoms. The van der Waals surface area contributed by atoms with Crippen molar-refractivity contribution in [1.82, 2.24) is 20.0 Å². The van der Waals surface area contributed by atoms with Crippen molar-refractivity contribution in [2.24, 2.45) is 5.73 Å². The molecule has 0 saturated carbocycles. The fraction of sp³-hybridized carbons (Fsp3) is 0.462. The van der Waals surface area contributed by atoms with Gasteiger partial charge < -0.3 is 5.73 Å². The van der Waals surface area contributed by atoms with Gasteiger partial charge in [0.1, 0.15) is 0 Å². The van der Waals surface area contributed by atoms with Gasteiger partial charge in [-0.25, -0.2) is 4.68 Å². The van der Waals surface area contributed by atoms with Crippen LogP contribution in [-0.2, 0) is 13.0 Å². The summed E-state index contributed by atoms with van der Waals surface area (Å²) in [6.07, 6.45) is 7.35. The van der Waals surface area contributed by atoms with Crippen LogP contribution in [0.2, 0.25) is 0 Å². The van der Waals surface area contributed by atoms with Gasteiger partial charge in [-0.15, -0.1) is 5.10 Å². The molecule has 0 aliphatic carbocycles. The summed E-state index contributed by atoms with van der Waals surface area (Å²) in [7, 11) is 0. The van der Waals surface area contributed by atoms with E-state index in [0.717, 1.165) is 30.6 Å². The van der Waals surface area contributed by atoms with Crippen molar-refractivity contribution in [3.63, 3.8) is 0 Å². The maximum atomic E-state index is 6.34. The normalized spacial score (nSPS) is 12.6. The number of hydrogen-bond donors (Lipinski definition) is 1. The molecule has 5 nitrogen and oxygen atoms in total. The van der Waals surface area contributed by atoms with E-state index in [2.05, 4.69) is 29.1 Å². The smallest absolute Gasteiger partial charge is 0.0799 e. The van der Waals surface area contributed by atoms with Crippen LogP contribution >= 0.6 is 0 Å². The Bertz CT molecular complexity index is 506. The second-order valence-electron chi connectivity index (χ2n) is 4.29. The number of aryl methyl sites for hydroxylation is 2. The molecule has 5 heteroatoms. The lowest BCUT2D eigenvalue weighted by Gasteiger charge is -2.16. The first-order valence-electron chi connectivity index (χ1n) is 6.34. The fourth-order valence-corrected chi connectivity index (χ4v) is 2.09. The molecule has 18 heavy (non-hydrogen) atoms. The van der Waals surface area contributed by atoms with Gasteiger partial charge in [-0.2, -0.15) is 0 Å². The van der Waals surface area contributed by atoms with E-state index in [0.29, 0.717) is 0 Å². The van der Waals surface area contributed by atoms with E-state index in [-0.39, 0.29) is 6.04 Å². The predicted octanol–water partition coefficient (Wildman–Crippen LogP) is 1.69. The third kappa shape index (κ3) is 2.41. The molecule has 0 aromatic carbocycles. The van der Waals surface area contributed by atoms with Crippen molar-refractivity contribution >= 4 is 0 Å². The average Bonchev–Trinajstić information content (AvgIpc) is 2.86. The molecule has 2 aromatic rings. The molecule has 2 heterocycles. The van der Waals surface area contributed by atoms with E-state index < -0.39 is 0 Å². The molecule has 96 valence electrons.